The number of phenols is 2. The number of benzene rings is 2. The number of rotatable bonds is 2. The Kier molecular flexibility index (Phi) is 11.1. The van der Waals surface area contributed by atoms with Crippen molar-refractivity contribution in [3.63, 3.8) is 0 Å². The zero-order valence-electron chi connectivity index (χ0n) is 15.2. The summed E-state index contributed by atoms with van der Waals surface area (Å²) in [4.78, 5) is 18.0. The van der Waals surface area contributed by atoms with Crippen molar-refractivity contribution < 1.29 is 30.0 Å². The van der Waals surface area contributed by atoms with Crippen molar-refractivity contribution in [1.29, 1.82) is 0 Å². The summed E-state index contributed by atoms with van der Waals surface area (Å²) >= 11 is 0. The predicted octanol–water partition coefficient (Wildman–Crippen LogP) is 3.09. The molecule has 0 fully saturated rings. The van der Waals surface area contributed by atoms with E-state index < -0.39 is 11.9 Å². The van der Waals surface area contributed by atoms with E-state index in [1.54, 1.807) is 12.1 Å². The van der Waals surface area contributed by atoms with E-state index in [1.165, 1.54) is 0 Å². The Hall–Kier alpha value is -2.51. The molecule has 2 aromatic rings. The first-order valence-electron chi connectivity index (χ1n) is 7.46. The second-order valence-electron chi connectivity index (χ2n) is 6.03. The van der Waals surface area contributed by atoms with Gasteiger partial charge in [0.05, 0.1) is 0 Å². The SMILES string of the molecule is CC(=O)O.CC(=O)O.CC(C)(CN)c1ccc2cc(O)c(O)cc2c1.Cl. The van der Waals surface area contributed by atoms with Crippen LogP contribution in [0.3, 0.4) is 0 Å². The molecule has 0 aliphatic carbocycles. The van der Waals surface area contributed by atoms with E-state index >= 15 is 0 Å². The Labute approximate surface area is 158 Å². The molecule has 2 rings (SSSR count). The van der Waals surface area contributed by atoms with Crippen molar-refractivity contribution >= 4 is 35.1 Å². The molecule has 0 heterocycles. The van der Waals surface area contributed by atoms with Gasteiger partial charge in [0.15, 0.2) is 11.5 Å². The summed E-state index contributed by atoms with van der Waals surface area (Å²) in [5, 5.41) is 35.6. The van der Waals surface area contributed by atoms with Gasteiger partial charge in [0, 0.05) is 25.8 Å². The highest BCUT2D eigenvalue weighted by Gasteiger charge is 2.18. The van der Waals surface area contributed by atoms with Gasteiger partial charge >= 0.3 is 0 Å². The summed E-state index contributed by atoms with van der Waals surface area (Å²) in [5.41, 5.74) is 6.77. The van der Waals surface area contributed by atoms with E-state index in [-0.39, 0.29) is 29.3 Å². The highest BCUT2D eigenvalue weighted by Crippen LogP contribution is 2.32. The summed E-state index contributed by atoms with van der Waals surface area (Å²) in [7, 11) is 0. The van der Waals surface area contributed by atoms with Crippen LogP contribution in [0.4, 0.5) is 0 Å². The van der Waals surface area contributed by atoms with E-state index in [9.17, 15) is 10.2 Å². The lowest BCUT2D eigenvalue weighted by Gasteiger charge is -2.23. The maximum absolute atomic E-state index is 9.49. The van der Waals surface area contributed by atoms with E-state index in [1.807, 2.05) is 18.2 Å². The maximum atomic E-state index is 9.49. The first-order valence-corrected chi connectivity index (χ1v) is 7.46. The van der Waals surface area contributed by atoms with Gasteiger partial charge in [-0.2, -0.15) is 0 Å². The van der Waals surface area contributed by atoms with Gasteiger partial charge in [-0.25, -0.2) is 0 Å². The van der Waals surface area contributed by atoms with E-state index in [4.69, 9.17) is 25.5 Å². The van der Waals surface area contributed by atoms with E-state index in [0.717, 1.165) is 30.2 Å². The first-order chi connectivity index (χ1) is 11.4. The van der Waals surface area contributed by atoms with Gasteiger partial charge in [-0.3, -0.25) is 9.59 Å². The number of hydrogen-bond donors (Lipinski definition) is 5. The fourth-order valence-electron chi connectivity index (χ4n) is 1.81. The molecule has 26 heavy (non-hydrogen) atoms. The monoisotopic (exact) mass is 387 g/mol. The van der Waals surface area contributed by atoms with Crippen molar-refractivity contribution in [1.82, 2.24) is 0 Å². The average molecular weight is 388 g/mol. The van der Waals surface area contributed by atoms with Crippen LogP contribution in [0.15, 0.2) is 30.3 Å². The van der Waals surface area contributed by atoms with Crippen LogP contribution in [-0.2, 0) is 15.0 Å². The number of aliphatic carboxylic acids is 2. The summed E-state index contributed by atoms with van der Waals surface area (Å²) in [5.74, 6) is -1.86. The molecule has 0 aliphatic heterocycles. The molecule has 0 spiro atoms. The number of nitrogens with two attached hydrogens (primary N) is 1. The first kappa shape index (κ1) is 25.7. The molecule has 0 saturated carbocycles. The molecule has 0 saturated heterocycles. The molecule has 0 bridgehead atoms. The van der Waals surface area contributed by atoms with Crippen molar-refractivity contribution in [2.24, 2.45) is 5.73 Å². The van der Waals surface area contributed by atoms with Gasteiger partial charge in [-0.15, -0.1) is 12.4 Å². The third-order valence-electron chi connectivity index (χ3n) is 3.23. The van der Waals surface area contributed by atoms with Crippen LogP contribution < -0.4 is 5.73 Å². The number of carboxylic acids is 2. The Balaban J connectivity index is 0. The minimum absolute atomic E-state index is 0. The Bertz CT molecular complexity index is 726. The molecule has 0 radical (unpaired) electrons. The van der Waals surface area contributed by atoms with Crippen LogP contribution in [0.25, 0.3) is 10.8 Å². The highest BCUT2D eigenvalue weighted by atomic mass is 35.5. The molecule has 6 N–H and O–H groups in total. The standard InChI is InChI=1S/C14H17NO2.2C2H4O2.ClH/c1-14(2,8-15)11-4-3-9-6-12(16)13(17)7-10(9)5-11;2*1-2(3)4;/h3-7,16-17H,8,15H2,1-2H3;2*1H3,(H,3,4);1H. The fourth-order valence-corrected chi connectivity index (χ4v) is 1.81. The molecule has 0 aromatic heterocycles. The van der Waals surface area contributed by atoms with Crippen LogP contribution in [0.5, 0.6) is 11.5 Å². The molecule has 0 unspecified atom stereocenters. The number of phenolic OH excluding ortho intramolecular Hbond substituents is 2. The number of fused-ring (bicyclic) bond motifs is 1. The number of halogens is 1. The molecule has 0 amide bonds. The summed E-state index contributed by atoms with van der Waals surface area (Å²) in [6, 6.07) is 9.07. The van der Waals surface area contributed by atoms with Gasteiger partial charge < -0.3 is 26.2 Å². The third kappa shape index (κ3) is 9.10. The van der Waals surface area contributed by atoms with Crippen molar-refractivity contribution in [3.8, 4) is 11.5 Å². The van der Waals surface area contributed by atoms with E-state index in [0.29, 0.717) is 6.54 Å². The van der Waals surface area contributed by atoms with Gasteiger partial charge in [-0.05, 0) is 28.5 Å². The van der Waals surface area contributed by atoms with Crippen LogP contribution in [0, 0.1) is 0 Å². The molecule has 0 atom stereocenters. The maximum Gasteiger partial charge on any atom is 0.300 e. The number of hydrogen-bond acceptors (Lipinski definition) is 5. The average Bonchev–Trinajstić information content (AvgIpc) is 2.46. The quantitative estimate of drug-likeness (QED) is 0.498. The smallest absolute Gasteiger partial charge is 0.300 e. The van der Waals surface area contributed by atoms with Crippen molar-refractivity contribution in [2.45, 2.75) is 33.1 Å². The van der Waals surface area contributed by atoms with Crippen LogP contribution in [-0.4, -0.2) is 38.9 Å². The van der Waals surface area contributed by atoms with Gasteiger partial charge in [0.2, 0.25) is 0 Å². The zero-order chi connectivity index (χ0) is 19.8. The van der Waals surface area contributed by atoms with Gasteiger partial charge in [0.25, 0.3) is 11.9 Å². The number of carboxylic acid groups (broad SMARTS) is 2. The normalized spacial score (nSPS) is 9.73. The van der Waals surface area contributed by atoms with Gasteiger partial charge in [0.1, 0.15) is 0 Å². The highest BCUT2D eigenvalue weighted by molar-refractivity contribution is 5.86. The molecule has 0 aliphatic rings. The molecular formula is C18H26ClNO6. The molecule has 8 heteroatoms. The minimum Gasteiger partial charge on any atom is -0.504 e. The Morgan fingerprint density at radius 2 is 1.31 bits per heavy atom. The molecule has 146 valence electrons. The van der Waals surface area contributed by atoms with Crippen molar-refractivity contribution in [3.05, 3.63) is 35.9 Å². The van der Waals surface area contributed by atoms with Crippen LogP contribution in [0.1, 0.15) is 33.3 Å². The topological polar surface area (TPSA) is 141 Å². The summed E-state index contributed by atoms with van der Waals surface area (Å²) < 4.78 is 0. The fraction of sp³-hybridized carbons (Fsp3) is 0.333. The van der Waals surface area contributed by atoms with E-state index in [2.05, 4.69) is 13.8 Å². The largest absolute Gasteiger partial charge is 0.504 e. The zero-order valence-corrected chi connectivity index (χ0v) is 16.0. The number of aromatic hydroxyl groups is 2. The lowest BCUT2D eigenvalue weighted by Crippen LogP contribution is -2.27. The lowest BCUT2D eigenvalue weighted by molar-refractivity contribution is -0.135. The summed E-state index contributed by atoms with van der Waals surface area (Å²) in [6.07, 6.45) is 0. The van der Waals surface area contributed by atoms with Crippen LogP contribution in [0.2, 0.25) is 0 Å². The Morgan fingerprint density at radius 1 is 0.923 bits per heavy atom. The number of carbonyl (C=O) groups is 2. The minimum atomic E-state index is -0.833. The molecule has 7 nitrogen and oxygen atoms in total. The Morgan fingerprint density at radius 3 is 1.69 bits per heavy atom. The predicted molar refractivity (Wildman–Crippen MR) is 103 cm³/mol. The van der Waals surface area contributed by atoms with Crippen molar-refractivity contribution in [2.75, 3.05) is 6.54 Å². The molecule has 2 aromatic carbocycles. The third-order valence-corrected chi connectivity index (χ3v) is 3.23. The van der Waals surface area contributed by atoms with Gasteiger partial charge in [-0.1, -0.05) is 32.0 Å². The molecular weight excluding hydrogens is 362 g/mol. The summed E-state index contributed by atoms with van der Waals surface area (Å²) in [6.45, 7) is 6.88. The second-order valence-corrected chi connectivity index (χ2v) is 6.03. The second kappa shape index (κ2) is 11.2. The van der Waals surface area contributed by atoms with Crippen LogP contribution >= 0.6 is 12.4 Å². The lowest BCUT2D eigenvalue weighted by atomic mass is 9.84.